The SMILES string of the molecule is O=C(Cn1cccn1)Nc1cccc(C2SCCCS2)c1. The van der Waals surface area contributed by atoms with Crippen molar-refractivity contribution in [3.05, 3.63) is 48.3 Å². The number of thioether (sulfide) groups is 2. The van der Waals surface area contributed by atoms with Crippen molar-refractivity contribution in [2.75, 3.05) is 16.8 Å². The van der Waals surface area contributed by atoms with Gasteiger partial charge in [-0.05, 0) is 41.7 Å². The Balaban J connectivity index is 1.63. The lowest BCUT2D eigenvalue weighted by Gasteiger charge is -2.21. The molecule has 110 valence electrons. The third-order valence-corrected chi connectivity index (χ3v) is 6.15. The molecule has 1 fully saturated rings. The van der Waals surface area contributed by atoms with Gasteiger partial charge in [-0.3, -0.25) is 9.48 Å². The fraction of sp³-hybridized carbons (Fsp3) is 0.333. The first-order valence-corrected chi connectivity index (χ1v) is 9.01. The first-order valence-electron chi connectivity index (χ1n) is 6.92. The van der Waals surface area contributed by atoms with Crippen LogP contribution in [0.2, 0.25) is 0 Å². The van der Waals surface area contributed by atoms with Crippen molar-refractivity contribution in [3.63, 3.8) is 0 Å². The van der Waals surface area contributed by atoms with Crippen molar-refractivity contribution in [1.29, 1.82) is 0 Å². The summed E-state index contributed by atoms with van der Waals surface area (Å²) in [6, 6.07) is 9.97. The van der Waals surface area contributed by atoms with E-state index in [-0.39, 0.29) is 12.5 Å². The second kappa shape index (κ2) is 7.04. The lowest BCUT2D eigenvalue weighted by atomic mass is 10.2. The second-order valence-electron chi connectivity index (χ2n) is 4.80. The number of nitrogens with one attached hydrogen (secondary N) is 1. The second-order valence-corrected chi connectivity index (χ2v) is 7.53. The van der Waals surface area contributed by atoms with Crippen LogP contribution in [0.5, 0.6) is 0 Å². The molecule has 1 saturated heterocycles. The lowest BCUT2D eigenvalue weighted by molar-refractivity contribution is -0.116. The molecular weight excluding hydrogens is 302 g/mol. The number of aromatic nitrogens is 2. The molecule has 1 amide bonds. The molecule has 0 spiro atoms. The highest BCUT2D eigenvalue weighted by molar-refractivity contribution is 8.16. The Labute approximate surface area is 132 Å². The van der Waals surface area contributed by atoms with Gasteiger partial charge in [0.15, 0.2) is 0 Å². The van der Waals surface area contributed by atoms with E-state index in [0.29, 0.717) is 4.58 Å². The van der Waals surface area contributed by atoms with Gasteiger partial charge < -0.3 is 5.32 Å². The highest BCUT2D eigenvalue weighted by Gasteiger charge is 2.17. The number of carbonyl (C=O) groups is 1. The van der Waals surface area contributed by atoms with Gasteiger partial charge in [0.25, 0.3) is 0 Å². The zero-order chi connectivity index (χ0) is 14.5. The summed E-state index contributed by atoms with van der Waals surface area (Å²) in [5.74, 6) is 2.38. The zero-order valence-corrected chi connectivity index (χ0v) is 13.2. The molecule has 0 saturated carbocycles. The fourth-order valence-electron chi connectivity index (χ4n) is 2.18. The number of amides is 1. The van der Waals surface area contributed by atoms with Crippen molar-refractivity contribution >= 4 is 35.1 Å². The van der Waals surface area contributed by atoms with Gasteiger partial charge in [-0.25, -0.2) is 0 Å². The Morgan fingerprint density at radius 1 is 1.33 bits per heavy atom. The maximum atomic E-state index is 12.0. The van der Waals surface area contributed by atoms with Crippen LogP contribution in [0.1, 0.15) is 16.6 Å². The van der Waals surface area contributed by atoms with Crippen LogP contribution in [0, 0.1) is 0 Å². The molecule has 0 aliphatic carbocycles. The van der Waals surface area contributed by atoms with E-state index in [1.165, 1.54) is 23.5 Å². The van der Waals surface area contributed by atoms with E-state index in [9.17, 15) is 4.79 Å². The Hall–Kier alpha value is -1.40. The van der Waals surface area contributed by atoms with Crippen molar-refractivity contribution < 1.29 is 4.79 Å². The summed E-state index contributed by atoms with van der Waals surface area (Å²) in [5.41, 5.74) is 2.14. The number of rotatable bonds is 4. The summed E-state index contributed by atoms with van der Waals surface area (Å²) in [5, 5.41) is 6.98. The molecule has 1 aliphatic heterocycles. The summed E-state index contributed by atoms with van der Waals surface area (Å²) in [4.78, 5) is 12.0. The zero-order valence-electron chi connectivity index (χ0n) is 11.6. The maximum Gasteiger partial charge on any atom is 0.246 e. The number of hydrogen-bond acceptors (Lipinski definition) is 4. The van der Waals surface area contributed by atoms with Crippen molar-refractivity contribution in [3.8, 4) is 0 Å². The molecule has 2 heterocycles. The Kier molecular flexibility index (Phi) is 4.87. The smallest absolute Gasteiger partial charge is 0.246 e. The molecule has 4 nitrogen and oxygen atoms in total. The van der Waals surface area contributed by atoms with E-state index < -0.39 is 0 Å². The van der Waals surface area contributed by atoms with Crippen LogP contribution >= 0.6 is 23.5 Å². The molecule has 1 aliphatic rings. The number of benzene rings is 1. The van der Waals surface area contributed by atoms with Crippen LogP contribution in [0.25, 0.3) is 0 Å². The van der Waals surface area contributed by atoms with E-state index in [4.69, 9.17) is 0 Å². The number of carbonyl (C=O) groups excluding carboxylic acids is 1. The van der Waals surface area contributed by atoms with Crippen LogP contribution in [-0.2, 0) is 11.3 Å². The van der Waals surface area contributed by atoms with Crippen LogP contribution in [0.4, 0.5) is 5.69 Å². The normalized spacial score (nSPS) is 15.8. The van der Waals surface area contributed by atoms with Gasteiger partial charge in [0.2, 0.25) is 5.91 Å². The number of anilines is 1. The average Bonchev–Trinajstić information content (AvgIpc) is 3.01. The van der Waals surface area contributed by atoms with Gasteiger partial charge >= 0.3 is 0 Å². The lowest BCUT2D eigenvalue weighted by Crippen LogP contribution is -2.19. The maximum absolute atomic E-state index is 12.0. The third kappa shape index (κ3) is 4.04. The van der Waals surface area contributed by atoms with E-state index >= 15 is 0 Å². The Morgan fingerprint density at radius 2 is 2.19 bits per heavy atom. The van der Waals surface area contributed by atoms with Crippen LogP contribution in [0.15, 0.2) is 42.7 Å². The van der Waals surface area contributed by atoms with E-state index in [1.54, 1.807) is 17.1 Å². The molecule has 21 heavy (non-hydrogen) atoms. The van der Waals surface area contributed by atoms with Gasteiger partial charge in [0.1, 0.15) is 6.54 Å². The molecule has 0 unspecified atom stereocenters. The highest BCUT2D eigenvalue weighted by atomic mass is 32.2. The molecule has 2 aromatic rings. The fourth-order valence-corrected chi connectivity index (χ4v) is 5.06. The van der Waals surface area contributed by atoms with Gasteiger partial charge in [-0.15, -0.1) is 23.5 Å². The van der Waals surface area contributed by atoms with E-state index in [1.807, 2.05) is 41.7 Å². The van der Waals surface area contributed by atoms with Crippen molar-refractivity contribution in [2.24, 2.45) is 0 Å². The topological polar surface area (TPSA) is 46.9 Å². The molecule has 0 atom stereocenters. The van der Waals surface area contributed by atoms with E-state index in [2.05, 4.69) is 22.5 Å². The van der Waals surface area contributed by atoms with Gasteiger partial charge in [0.05, 0.1) is 4.58 Å². The van der Waals surface area contributed by atoms with Crippen LogP contribution < -0.4 is 5.32 Å². The predicted octanol–water partition coefficient (Wildman–Crippen LogP) is 3.39. The monoisotopic (exact) mass is 319 g/mol. The summed E-state index contributed by atoms with van der Waals surface area (Å²) in [6.07, 6.45) is 4.74. The minimum absolute atomic E-state index is 0.0557. The standard InChI is InChI=1S/C15H17N3OS2/c19-14(11-18-7-2-6-16-18)17-13-5-1-4-12(10-13)15-20-8-3-9-21-15/h1-2,4-7,10,15H,3,8-9,11H2,(H,17,19). The summed E-state index contributed by atoms with van der Waals surface area (Å²) in [6.45, 7) is 0.240. The molecule has 0 radical (unpaired) electrons. The molecule has 1 N–H and O–H groups in total. The quantitative estimate of drug-likeness (QED) is 0.938. The number of hydrogen-bond donors (Lipinski definition) is 1. The van der Waals surface area contributed by atoms with Crippen LogP contribution in [0.3, 0.4) is 0 Å². The number of nitrogens with zero attached hydrogens (tertiary/aromatic N) is 2. The first-order chi connectivity index (χ1) is 10.3. The molecule has 6 heteroatoms. The molecular formula is C15H17N3OS2. The summed E-state index contributed by atoms with van der Waals surface area (Å²) < 4.78 is 2.10. The molecule has 1 aromatic heterocycles. The van der Waals surface area contributed by atoms with E-state index in [0.717, 1.165) is 5.69 Å². The largest absolute Gasteiger partial charge is 0.324 e. The molecule has 0 bridgehead atoms. The first kappa shape index (κ1) is 14.5. The van der Waals surface area contributed by atoms with Crippen molar-refractivity contribution in [2.45, 2.75) is 17.5 Å². The van der Waals surface area contributed by atoms with Crippen LogP contribution in [-0.4, -0.2) is 27.2 Å². The predicted molar refractivity (Wildman–Crippen MR) is 89.6 cm³/mol. The summed E-state index contributed by atoms with van der Waals surface area (Å²) >= 11 is 3.97. The Morgan fingerprint density at radius 3 is 2.95 bits per heavy atom. The summed E-state index contributed by atoms with van der Waals surface area (Å²) in [7, 11) is 0. The minimum Gasteiger partial charge on any atom is -0.324 e. The Bertz CT molecular complexity index is 595. The van der Waals surface area contributed by atoms with Gasteiger partial charge in [0, 0.05) is 18.1 Å². The van der Waals surface area contributed by atoms with Gasteiger partial charge in [-0.2, -0.15) is 5.10 Å². The molecule has 1 aromatic carbocycles. The third-order valence-electron chi connectivity index (χ3n) is 3.13. The van der Waals surface area contributed by atoms with Gasteiger partial charge in [-0.1, -0.05) is 12.1 Å². The highest BCUT2D eigenvalue weighted by Crippen LogP contribution is 2.43. The molecule has 3 rings (SSSR count). The average molecular weight is 319 g/mol. The minimum atomic E-state index is -0.0557. The van der Waals surface area contributed by atoms with Crippen molar-refractivity contribution in [1.82, 2.24) is 9.78 Å².